The highest BCUT2D eigenvalue weighted by Gasteiger charge is 2.40. The van der Waals surface area contributed by atoms with Gasteiger partial charge in [0.15, 0.2) is 18.1 Å². The van der Waals surface area contributed by atoms with Crippen molar-refractivity contribution >= 4 is 5.97 Å². The van der Waals surface area contributed by atoms with Crippen LogP contribution in [0.2, 0.25) is 0 Å². The van der Waals surface area contributed by atoms with Crippen LogP contribution in [0.1, 0.15) is 25.8 Å². The van der Waals surface area contributed by atoms with Crippen LogP contribution in [0.15, 0.2) is 18.2 Å². The minimum atomic E-state index is -4.42. The summed E-state index contributed by atoms with van der Waals surface area (Å²) in [4.78, 5) is 13.3. The van der Waals surface area contributed by atoms with Crippen LogP contribution in [0, 0.1) is 5.41 Å². The second-order valence-corrected chi connectivity index (χ2v) is 6.44. The Morgan fingerprint density at radius 2 is 2.04 bits per heavy atom. The first-order chi connectivity index (χ1) is 11.6. The summed E-state index contributed by atoms with van der Waals surface area (Å²) in [7, 11) is 0. The van der Waals surface area contributed by atoms with Crippen molar-refractivity contribution in [2.45, 2.75) is 33.0 Å². The largest absolute Gasteiger partial charge is 0.490 e. The van der Waals surface area contributed by atoms with Crippen molar-refractivity contribution in [1.82, 2.24) is 4.90 Å². The molecule has 1 aromatic carbocycles. The van der Waals surface area contributed by atoms with Crippen molar-refractivity contribution in [2.24, 2.45) is 5.41 Å². The Kier molecular flexibility index (Phi) is 5.82. The van der Waals surface area contributed by atoms with Crippen molar-refractivity contribution in [2.75, 3.05) is 26.3 Å². The lowest BCUT2D eigenvalue weighted by atomic mass is 9.90. The predicted molar refractivity (Wildman–Crippen MR) is 84.8 cm³/mol. The van der Waals surface area contributed by atoms with Crippen molar-refractivity contribution in [1.29, 1.82) is 0 Å². The number of halogens is 3. The van der Waals surface area contributed by atoms with Crippen molar-refractivity contribution < 1.29 is 32.5 Å². The zero-order chi connectivity index (χ0) is 18.7. The molecule has 1 aliphatic rings. The third kappa shape index (κ3) is 5.26. The van der Waals surface area contributed by atoms with E-state index in [2.05, 4.69) is 0 Å². The van der Waals surface area contributed by atoms with Gasteiger partial charge in [-0.25, -0.2) is 0 Å². The van der Waals surface area contributed by atoms with Gasteiger partial charge in [-0.05, 0) is 44.5 Å². The lowest BCUT2D eigenvalue weighted by Gasteiger charge is -2.21. The minimum Gasteiger partial charge on any atom is -0.490 e. The molecule has 1 fully saturated rings. The van der Waals surface area contributed by atoms with Gasteiger partial charge in [0, 0.05) is 13.1 Å². The summed E-state index contributed by atoms with van der Waals surface area (Å²) in [5, 5.41) is 9.28. The Balaban J connectivity index is 2.07. The van der Waals surface area contributed by atoms with Crippen LogP contribution in [0.4, 0.5) is 13.2 Å². The quantitative estimate of drug-likeness (QED) is 0.807. The maximum atomic E-state index is 12.3. The van der Waals surface area contributed by atoms with E-state index in [1.54, 1.807) is 26.0 Å². The number of ether oxygens (including phenoxy) is 2. The fourth-order valence-electron chi connectivity index (χ4n) is 2.82. The zero-order valence-electron chi connectivity index (χ0n) is 14.2. The molecule has 140 valence electrons. The fourth-order valence-corrected chi connectivity index (χ4v) is 2.82. The third-order valence-corrected chi connectivity index (χ3v) is 4.17. The molecule has 0 aromatic heterocycles. The van der Waals surface area contributed by atoms with Gasteiger partial charge in [0.1, 0.15) is 0 Å². The maximum absolute atomic E-state index is 12.3. The van der Waals surface area contributed by atoms with Gasteiger partial charge in [-0.1, -0.05) is 6.07 Å². The number of aliphatic carboxylic acids is 1. The molecule has 1 atom stereocenters. The predicted octanol–water partition coefficient (Wildman–Crippen LogP) is 3.32. The smallest absolute Gasteiger partial charge is 0.422 e. The molecule has 0 radical (unpaired) electrons. The number of rotatable bonds is 7. The molecule has 1 heterocycles. The van der Waals surface area contributed by atoms with E-state index < -0.39 is 24.2 Å². The highest BCUT2D eigenvalue weighted by Crippen LogP contribution is 2.33. The lowest BCUT2D eigenvalue weighted by Crippen LogP contribution is -2.31. The van der Waals surface area contributed by atoms with Crippen molar-refractivity contribution in [3.8, 4) is 11.5 Å². The molecule has 1 aromatic rings. The van der Waals surface area contributed by atoms with Gasteiger partial charge in [-0.3, -0.25) is 9.69 Å². The molecule has 0 aliphatic carbocycles. The first-order valence-corrected chi connectivity index (χ1v) is 8.04. The third-order valence-electron chi connectivity index (χ3n) is 4.17. The number of carboxylic acids is 1. The Hall–Kier alpha value is -1.96. The van der Waals surface area contributed by atoms with Gasteiger partial charge < -0.3 is 14.6 Å². The first-order valence-electron chi connectivity index (χ1n) is 8.04. The average Bonchev–Trinajstić information content (AvgIpc) is 2.88. The number of carboxylic acid groups (broad SMARTS) is 1. The van der Waals surface area contributed by atoms with E-state index in [1.165, 1.54) is 6.07 Å². The summed E-state index contributed by atoms with van der Waals surface area (Å²) in [6.45, 7) is 3.95. The molecule has 0 saturated carbocycles. The highest BCUT2D eigenvalue weighted by atomic mass is 19.4. The van der Waals surface area contributed by atoms with Gasteiger partial charge >= 0.3 is 12.1 Å². The molecule has 8 heteroatoms. The van der Waals surface area contributed by atoms with Gasteiger partial charge in [0.2, 0.25) is 0 Å². The molecule has 0 spiro atoms. The normalized spacial score (nSPS) is 21.3. The van der Waals surface area contributed by atoms with E-state index in [9.17, 15) is 23.1 Å². The molecule has 0 bridgehead atoms. The van der Waals surface area contributed by atoms with Crippen LogP contribution in [-0.2, 0) is 11.3 Å². The number of likely N-dealkylation sites (tertiary alicyclic amines) is 1. The van der Waals surface area contributed by atoms with Crippen LogP contribution >= 0.6 is 0 Å². The number of nitrogens with zero attached hydrogens (tertiary/aromatic N) is 1. The van der Waals surface area contributed by atoms with Crippen molar-refractivity contribution in [3.05, 3.63) is 23.8 Å². The number of benzene rings is 1. The summed E-state index contributed by atoms with van der Waals surface area (Å²) in [5.74, 6) is -0.523. The fraction of sp³-hybridized carbons (Fsp3) is 0.588. The second-order valence-electron chi connectivity index (χ2n) is 6.44. The molecule has 1 unspecified atom stereocenters. The SMILES string of the molecule is CCOc1cc(CN2CCC(C)(C(=O)O)C2)ccc1OCC(F)(F)F. The van der Waals surface area contributed by atoms with Gasteiger partial charge in [-0.15, -0.1) is 0 Å². The van der Waals surface area contributed by atoms with E-state index in [4.69, 9.17) is 9.47 Å². The molecular formula is C17H22F3NO4. The van der Waals surface area contributed by atoms with Crippen LogP contribution in [0.5, 0.6) is 11.5 Å². The van der Waals surface area contributed by atoms with E-state index in [0.717, 1.165) is 5.56 Å². The summed E-state index contributed by atoms with van der Waals surface area (Å²) in [5.41, 5.74) is 0.0656. The Morgan fingerprint density at radius 3 is 2.60 bits per heavy atom. The molecule has 2 rings (SSSR count). The summed E-state index contributed by atoms with van der Waals surface area (Å²) < 4.78 is 47.2. The van der Waals surface area contributed by atoms with Crippen LogP contribution in [0.3, 0.4) is 0 Å². The second kappa shape index (κ2) is 7.51. The summed E-state index contributed by atoms with van der Waals surface area (Å²) >= 11 is 0. The lowest BCUT2D eigenvalue weighted by molar-refractivity contribution is -0.153. The molecule has 1 aliphatic heterocycles. The molecule has 0 amide bonds. The number of hydrogen-bond donors (Lipinski definition) is 1. The van der Waals surface area contributed by atoms with Crippen molar-refractivity contribution in [3.63, 3.8) is 0 Å². The van der Waals surface area contributed by atoms with Crippen LogP contribution < -0.4 is 9.47 Å². The van der Waals surface area contributed by atoms with E-state index in [-0.39, 0.29) is 11.5 Å². The first kappa shape index (κ1) is 19.4. The van der Waals surface area contributed by atoms with Gasteiger partial charge in [0.25, 0.3) is 0 Å². The van der Waals surface area contributed by atoms with E-state index in [0.29, 0.717) is 32.7 Å². The minimum absolute atomic E-state index is 0.0414. The molecule has 5 nitrogen and oxygen atoms in total. The molecular weight excluding hydrogens is 339 g/mol. The molecule has 1 N–H and O–H groups in total. The Bertz CT molecular complexity index is 620. The van der Waals surface area contributed by atoms with Crippen LogP contribution in [0.25, 0.3) is 0 Å². The number of alkyl halides is 3. The van der Waals surface area contributed by atoms with Crippen LogP contribution in [-0.4, -0.2) is 48.5 Å². The maximum Gasteiger partial charge on any atom is 0.422 e. The Labute approximate surface area is 144 Å². The number of hydrogen-bond acceptors (Lipinski definition) is 4. The standard InChI is InChI=1S/C17H22F3NO4/c1-3-24-14-8-12(4-5-13(14)25-11-17(18,19)20)9-21-7-6-16(2,10-21)15(22)23/h4-5,8H,3,6-7,9-11H2,1-2H3,(H,22,23). The van der Waals surface area contributed by atoms with E-state index in [1.807, 2.05) is 4.90 Å². The summed E-state index contributed by atoms with van der Waals surface area (Å²) in [6.07, 6.45) is -3.85. The van der Waals surface area contributed by atoms with E-state index >= 15 is 0 Å². The molecule has 1 saturated heterocycles. The highest BCUT2D eigenvalue weighted by molar-refractivity contribution is 5.74. The summed E-state index contributed by atoms with van der Waals surface area (Å²) in [6, 6.07) is 4.77. The average molecular weight is 361 g/mol. The Morgan fingerprint density at radius 1 is 1.32 bits per heavy atom. The monoisotopic (exact) mass is 361 g/mol. The van der Waals surface area contributed by atoms with Gasteiger partial charge in [-0.2, -0.15) is 13.2 Å². The van der Waals surface area contributed by atoms with Gasteiger partial charge in [0.05, 0.1) is 12.0 Å². The molecule has 25 heavy (non-hydrogen) atoms. The number of carbonyl (C=O) groups is 1. The topological polar surface area (TPSA) is 59.0 Å². The zero-order valence-corrected chi connectivity index (χ0v) is 14.2.